The van der Waals surface area contributed by atoms with Crippen LogP contribution in [0.3, 0.4) is 0 Å². The molecule has 0 aromatic heterocycles. The van der Waals surface area contributed by atoms with Crippen LogP contribution in [0.15, 0.2) is 42.6 Å². The number of carbonyl (C=O) groups excluding carboxylic acids is 2. The molecule has 7 heteroatoms. The molecule has 4 atom stereocenters. The molecule has 1 aromatic carbocycles. The molecule has 2 heterocycles. The molecular weight excluding hydrogens is 410 g/mol. The van der Waals surface area contributed by atoms with Crippen molar-refractivity contribution >= 4 is 11.9 Å². The zero-order valence-electron chi connectivity index (χ0n) is 18.5. The van der Waals surface area contributed by atoms with Crippen molar-refractivity contribution in [1.29, 1.82) is 0 Å². The van der Waals surface area contributed by atoms with E-state index in [4.69, 9.17) is 9.47 Å². The van der Waals surface area contributed by atoms with E-state index in [1.54, 1.807) is 24.4 Å². The fourth-order valence-corrected chi connectivity index (χ4v) is 4.25. The van der Waals surface area contributed by atoms with Crippen LogP contribution in [0.1, 0.15) is 67.8 Å². The van der Waals surface area contributed by atoms with E-state index in [9.17, 15) is 19.8 Å². The van der Waals surface area contributed by atoms with Crippen LogP contribution in [0.25, 0.3) is 0 Å². The van der Waals surface area contributed by atoms with Crippen LogP contribution in [-0.2, 0) is 20.7 Å². The van der Waals surface area contributed by atoms with E-state index >= 15 is 0 Å². The van der Waals surface area contributed by atoms with Gasteiger partial charge in [0.05, 0.1) is 18.3 Å². The summed E-state index contributed by atoms with van der Waals surface area (Å²) in [7, 11) is 0. The average molecular weight is 444 g/mol. The molecule has 1 amide bonds. The van der Waals surface area contributed by atoms with Crippen molar-refractivity contribution in [1.82, 2.24) is 5.32 Å². The normalized spacial score (nSPS) is 26.0. The maximum absolute atomic E-state index is 12.9. The number of hydrogen-bond donors (Lipinski definition) is 3. The number of cyclic esters (lactones) is 1. The first kappa shape index (κ1) is 24.0. The van der Waals surface area contributed by atoms with Gasteiger partial charge in [-0.05, 0) is 49.9 Å². The van der Waals surface area contributed by atoms with Gasteiger partial charge in [-0.2, -0.15) is 0 Å². The molecule has 1 saturated heterocycles. The van der Waals surface area contributed by atoms with Crippen molar-refractivity contribution in [2.45, 2.75) is 82.7 Å². The van der Waals surface area contributed by atoms with E-state index in [2.05, 4.69) is 5.32 Å². The number of fused-ring (bicyclic) bond motifs is 3. The van der Waals surface area contributed by atoms with Crippen molar-refractivity contribution in [2.24, 2.45) is 0 Å². The number of esters is 1. The van der Waals surface area contributed by atoms with Gasteiger partial charge in [-0.25, -0.2) is 4.79 Å². The molecule has 0 spiro atoms. The van der Waals surface area contributed by atoms with Gasteiger partial charge in [0.25, 0.3) is 0 Å². The summed E-state index contributed by atoms with van der Waals surface area (Å²) < 4.78 is 11.9. The van der Waals surface area contributed by atoms with Gasteiger partial charge < -0.3 is 25.0 Å². The Labute approximate surface area is 189 Å². The molecule has 3 rings (SSSR count). The van der Waals surface area contributed by atoms with Gasteiger partial charge in [0.2, 0.25) is 5.91 Å². The molecule has 7 nitrogen and oxygen atoms in total. The third-order valence-electron chi connectivity index (χ3n) is 5.74. The average Bonchev–Trinajstić information content (AvgIpc) is 2.73. The van der Waals surface area contributed by atoms with Gasteiger partial charge in [0, 0.05) is 19.3 Å². The number of aliphatic hydroxyl groups is 1. The highest BCUT2D eigenvalue weighted by Gasteiger charge is 2.34. The summed E-state index contributed by atoms with van der Waals surface area (Å²) in [6, 6.07) is 4.92. The zero-order chi connectivity index (χ0) is 22.9. The number of amides is 1. The molecule has 4 unspecified atom stereocenters. The number of ether oxygens (including phenoxy) is 2. The first-order chi connectivity index (χ1) is 15.5. The molecule has 174 valence electrons. The topological polar surface area (TPSA) is 105 Å². The second kappa shape index (κ2) is 11.8. The third-order valence-corrected chi connectivity index (χ3v) is 5.74. The lowest BCUT2D eigenvalue weighted by Gasteiger charge is -2.36. The number of benzene rings is 1. The maximum Gasteiger partial charge on any atom is 0.342 e. The Morgan fingerprint density at radius 1 is 1.19 bits per heavy atom. The zero-order valence-corrected chi connectivity index (χ0v) is 18.5. The summed E-state index contributed by atoms with van der Waals surface area (Å²) >= 11 is 0. The molecule has 2 aliphatic heterocycles. The number of nitrogens with one attached hydrogen (secondary N) is 1. The molecule has 1 fully saturated rings. The summed E-state index contributed by atoms with van der Waals surface area (Å²) in [4.78, 5) is 24.8. The minimum absolute atomic E-state index is 0.0784. The molecule has 32 heavy (non-hydrogen) atoms. The van der Waals surface area contributed by atoms with E-state index < -0.39 is 18.2 Å². The Morgan fingerprint density at radius 3 is 2.81 bits per heavy atom. The number of aromatic hydroxyl groups is 1. The van der Waals surface area contributed by atoms with E-state index in [1.165, 1.54) is 6.07 Å². The van der Waals surface area contributed by atoms with Gasteiger partial charge in [0.15, 0.2) is 0 Å². The Morgan fingerprint density at radius 2 is 2.00 bits per heavy atom. The van der Waals surface area contributed by atoms with Gasteiger partial charge in [-0.15, -0.1) is 0 Å². The van der Waals surface area contributed by atoms with E-state index in [0.717, 1.165) is 6.42 Å². The number of rotatable bonds is 7. The molecule has 3 N–H and O–H groups in total. The minimum Gasteiger partial charge on any atom is -0.507 e. The minimum atomic E-state index is -0.566. The molecule has 0 radical (unpaired) electrons. The predicted molar refractivity (Wildman–Crippen MR) is 120 cm³/mol. The third kappa shape index (κ3) is 6.93. The first-order valence-corrected chi connectivity index (χ1v) is 11.4. The van der Waals surface area contributed by atoms with Crippen LogP contribution in [0.2, 0.25) is 0 Å². The second-order valence-electron chi connectivity index (χ2n) is 8.41. The standard InChI is InChI=1S/C25H33NO6/c1-2-3-4-5-11-23(29)26-12-7-9-19-16-21-15-18(27)14-20(31-21)13-17-8-6-10-22(28)24(17)25(30)32-19/h3-4,6-8,10,12,18-21,27-28H,2,5,9,11,13-16H2,1H3,(H,26,29). The van der Waals surface area contributed by atoms with Crippen LogP contribution in [-0.4, -0.2) is 46.5 Å². The summed E-state index contributed by atoms with van der Waals surface area (Å²) in [5.41, 5.74) is 0.797. The highest BCUT2D eigenvalue weighted by atomic mass is 16.5. The van der Waals surface area contributed by atoms with Crippen LogP contribution < -0.4 is 5.32 Å². The molecule has 2 aliphatic rings. The summed E-state index contributed by atoms with van der Waals surface area (Å²) in [5.74, 6) is -0.770. The highest BCUT2D eigenvalue weighted by molar-refractivity contribution is 5.94. The number of phenolic OH excluding ortho intramolecular Hbond substituents is 1. The van der Waals surface area contributed by atoms with Crippen LogP contribution in [0.5, 0.6) is 5.75 Å². The Balaban J connectivity index is 1.67. The number of phenols is 1. The van der Waals surface area contributed by atoms with Crippen molar-refractivity contribution < 1.29 is 29.3 Å². The van der Waals surface area contributed by atoms with Gasteiger partial charge in [-0.3, -0.25) is 4.79 Å². The van der Waals surface area contributed by atoms with Crippen LogP contribution in [0, 0.1) is 0 Å². The van der Waals surface area contributed by atoms with Crippen molar-refractivity contribution in [3.05, 3.63) is 53.8 Å². The van der Waals surface area contributed by atoms with Crippen molar-refractivity contribution in [3.8, 4) is 5.75 Å². The van der Waals surface area contributed by atoms with E-state index in [0.29, 0.717) is 50.5 Å². The summed E-state index contributed by atoms with van der Waals surface area (Å²) in [6.45, 7) is 2.05. The highest BCUT2D eigenvalue weighted by Crippen LogP contribution is 2.32. The molecule has 0 saturated carbocycles. The summed E-state index contributed by atoms with van der Waals surface area (Å²) in [6.07, 6.45) is 10.2. The molecule has 2 bridgehead atoms. The van der Waals surface area contributed by atoms with Crippen LogP contribution in [0.4, 0.5) is 0 Å². The number of aliphatic hydroxyl groups excluding tert-OH is 1. The van der Waals surface area contributed by atoms with Crippen LogP contribution >= 0.6 is 0 Å². The van der Waals surface area contributed by atoms with E-state index in [-0.39, 0.29) is 29.4 Å². The van der Waals surface area contributed by atoms with Gasteiger partial charge in [-0.1, -0.05) is 37.3 Å². The monoisotopic (exact) mass is 443 g/mol. The quantitative estimate of drug-likeness (QED) is 0.440. The Hall–Kier alpha value is -2.64. The second-order valence-corrected chi connectivity index (χ2v) is 8.41. The fourth-order valence-electron chi connectivity index (χ4n) is 4.25. The van der Waals surface area contributed by atoms with Crippen molar-refractivity contribution in [2.75, 3.05) is 0 Å². The summed E-state index contributed by atoms with van der Waals surface area (Å²) in [5, 5.41) is 23.3. The lowest BCUT2D eigenvalue weighted by Crippen LogP contribution is -2.40. The SMILES string of the molecule is CCC=CCCC(=O)NC=CCC1CC2CC(O)CC(Cc3cccc(O)c3C(=O)O1)O2. The molecule has 0 aliphatic carbocycles. The van der Waals surface area contributed by atoms with Gasteiger partial charge in [0.1, 0.15) is 17.4 Å². The number of hydrogen-bond acceptors (Lipinski definition) is 6. The smallest absolute Gasteiger partial charge is 0.342 e. The fraction of sp³-hybridized carbons (Fsp3) is 0.520. The predicted octanol–water partition coefficient (Wildman–Crippen LogP) is 3.54. The van der Waals surface area contributed by atoms with Crippen molar-refractivity contribution in [3.63, 3.8) is 0 Å². The lowest BCUT2D eigenvalue weighted by atomic mass is 9.91. The first-order valence-electron chi connectivity index (χ1n) is 11.4. The lowest BCUT2D eigenvalue weighted by molar-refractivity contribution is -0.120. The Kier molecular flexibility index (Phi) is 8.88. The van der Waals surface area contributed by atoms with E-state index in [1.807, 2.05) is 19.1 Å². The number of carbonyl (C=O) groups is 2. The molecular formula is C25H33NO6. The van der Waals surface area contributed by atoms with Gasteiger partial charge >= 0.3 is 5.97 Å². The maximum atomic E-state index is 12.9. The Bertz CT molecular complexity index is 849. The molecule has 1 aromatic rings. The largest absolute Gasteiger partial charge is 0.507 e. The number of allylic oxidation sites excluding steroid dienone is 2.